The van der Waals surface area contributed by atoms with Crippen molar-refractivity contribution in [2.45, 2.75) is 52.0 Å². The number of nitriles is 1. The zero-order valence-electron chi connectivity index (χ0n) is 10.3. The smallest absolute Gasteiger partial charge is 0.104 e. The van der Waals surface area contributed by atoms with Crippen LogP contribution in [0.5, 0.6) is 0 Å². The average Bonchev–Trinajstić information content (AvgIpc) is 2.22. The van der Waals surface area contributed by atoms with E-state index in [0.29, 0.717) is 0 Å². The van der Waals surface area contributed by atoms with E-state index in [0.717, 1.165) is 30.9 Å². The molecule has 0 fully saturated rings. The summed E-state index contributed by atoms with van der Waals surface area (Å²) in [6.07, 6.45) is 3.92. The van der Waals surface area contributed by atoms with Gasteiger partial charge in [0.25, 0.3) is 0 Å². The molecule has 0 spiro atoms. The molecule has 1 unspecified atom stereocenters. The van der Waals surface area contributed by atoms with Crippen LogP contribution >= 0.6 is 11.8 Å². The van der Waals surface area contributed by atoms with Gasteiger partial charge in [0.05, 0.1) is 6.07 Å². The topological polar surface area (TPSA) is 49.8 Å². The van der Waals surface area contributed by atoms with Gasteiger partial charge in [-0.3, -0.25) is 0 Å². The Balaban J connectivity index is 3.43. The average molecular weight is 228 g/mol. The molecule has 0 aromatic rings. The molecule has 0 aliphatic heterocycles. The van der Waals surface area contributed by atoms with Gasteiger partial charge in [0.1, 0.15) is 5.54 Å². The van der Waals surface area contributed by atoms with Crippen molar-refractivity contribution in [1.29, 1.82) is 5.26 Å². The highest BCUT2D eigenvalue weighted by molar-refractivity contribution is 7.99. The highest BCUT2D eigenvalue weighted by Gasteiger charge is 2.20. The van der Waals surface area contributed by atoms with Crippen molar-refractivity contribution in [2.24, 2.45) is 11.7 Å². The molecule has 0 heterocycles. The number of hydrogen-bond acceptors (Lipinski definition) is 3. The van der Waals surface area contributed by atoms with Gasteiger partial charge in [-0.2, -0.15) is 17.0 Å². The van der Waals surface area contributed by atoms with Gasteiger partial charge in [0.15, 0.2) is 0 Å². The van der Waals surface area contributed by atoms with Gasteiger partial charge in [-0.15, -0.1) is 0 Å². The third-order valence-corrected chi connectivity index (χ3v) is 3.71. The van der Waals surface area contributed by atoms with Gasteiger partial charge in [0.2, 0.25) is 0 Å². The second kappa shape index (κ2) is 8.01. The quantitative estimate of drug-likeness (QED) is 0.649. The largest absolute Gasteiger partial charge is 0.313 e. The Labute approximate surface area is 98.6 Å². The molecule has 0 radical (unpaired) electrons. The van der Waals surface area contributed by atoms with Crippen molar-refractivity contribution in [3.05, 3.63) is 0 Å². The van der Waals surface area contributed by atoms with Crippen molar-refractivity contribution in [3.8, 4) is 6.07 Å². The summed E-state index contributed by atoms with van der Waals surface area (Å²) in [6.45, 7) is 6.48. The Morgan fingerprint density at radius 2 is 2.07 bits per heavy atom. The van der Waals surface area contributed by atoms with Gasteiger partial charge >= 0.3 is 0 Å². The van der Waals surface area contributed by atoms with Crippen LogP contribution in [0.4, 0.5) is 0 Å². The fraction of sp³-hybridized carbons (Fsp3) is 0.917. The Morgan fingerprint density at radius 3 is 2.53 bits per heavy atom. The first kappa shape index (κ1) is 14.8. The lowest BCUT2D eigenvalue weighted by Gasteiger charge is -2.18. The van der Waals surface area contributed by atoms with Gasteiger partial charge in [-0.1, -0.05) is 20.8 Å². The summed E-state index contributed by atoms with van der Waals surface area (Å²) in [5, 5.41) is 8.88. The number of nitrogens with zero attached hydrogens (tertiary/aromatic N) is 1. The molecular weight excluding hydrogens is 204 g/mol. The lowest BCUT2D eigenvalue weighted by Crippen LogP contribution is -2.37. The van der Waals surface area contributed by atoms with Crippen LogP contribution in [-0.2, 0) is 0 Å². The molecule has 0 amide bonds. The number of thioether (sulfide) groups is 1. The molecule has 2 N–H and O–H groups in total. The SMILES string of the molecule is CCC(N)(C#N)CCCSCCC(C)C. The Bertz CT molecular complexity index is 198. The molecule has 0 saturated heterocycles. The maximum Gasteiger partial charge on any atom is 0.104 e. The molecule has 0 bridgehead atoms. The van der Waals surface area contributed by atoms with Crippen LogP contribution < -0.4 is 5.73 Å². The highest BCUT2D eigenvalue weighted by atomic mass is 32.2. The monoisotopic (exact) mass is 228 g/mol. The van der Waals surface area contributed by atoms with E-state index in [4.69, 9.17) is 11.0 Å². The van der Waals surface area contributed by atoms with E-state index < -0.39 is 5.54 Å². The summed E-state index contributed by atoms with van der Waals surface area (Å²) in [5.74, 6) is 3.15. The van der Waals surface area contributed by atoms with Crippen LogP contribution in [0.15, 0.2) is 0 Å². The minimum atomic E-state index is -0.585. The molecule has 15 heavy (non-hydrogen) atoms. The molecule has 3 heteroatoms. The van der Waals surface area contributed by atoms with Crippen molar-refractivity contribution >= 4 is 11.8 Å². The van der Waals surface area contributed by atoms with E-state index in [1.54, 1.807) is 0 Å². The Morgan fingerprint density at radius 1 is 1.40 bits per heavy atom. The standard InChI is InChI=1S/C12H24N2S/c1-4-12(14,10-13)7-5-8-15-9-6-11(2)3/h11H,4-9,14H2,1-3H3. The predicted molar refractivity (Wildman–Crippen MR) is 68.8 cm³/mol. The summed E-state index contributed by atoms with van der Waals surface area (Å²) in [5.41, 5.74) is 5.30. The molecule has 0 rings (SSSR count). The molecule has 0 aliphatic rings. The first-order valence-corrected chi connectivity index (χ1v) is 6.97. The normalized spacial score (nSPS) is 14.9. The maximum atomic E-state index is 8.88. The Kier molecular flexibility index (Phi) is 7.90. The molecular formula is C12H24N2S. The van der Waals surface area contributed by atoms with Crippen LogP contribution in [0.3, 0.4) is 0 Å². The van der Waals surface area contributed by atoms with Crippen molar-refractivity contribution in [2.75, 3.05) is 11.5 Å². The zero-order valence-corrected chi connectivity index (χ0v) is 11.1. The van der Waals surface area contributed by atoms with Crippen LogP contribution in [0.25, 0.3) is 0 Å². The minimum Gasteiger partial charge on any atom is -0.313 e. The lowest BCUT2D eigenvalue weighted by atomic mass is 9.94. The van der Waals surface area contributed by atoms with Gasteiger partial charge in [-0.25, -0.2) is 0 Å². The summed E-state index contributed by atoms with van der Waals surface area (Å²) in [7, 11) is 0. The van der Waals surface area contributed by atoms with E-state index >= 15 is 0 Å². The van der Waals surface area contributed by atoms with Crippen LogP contribution in [-0.4, -0.2) is 17.0 Å². The predicted octanol–water partition coefficient (Wildman–Crippen LogP) is 3.18. The molecule has 88 valence electrons. The molecule has 1 atom stereocenters. The van der Waals surface area contributed by atoms with Gasteiger partial charge in [0, 0.05) is 0 Å². The fourth-order valence-electron chi connectivity index (χ4n) is 1.22. The number of nitrogens with two attached hydrogens (primary N) is 1. The summed E-state index contributed by atoms with van der Waals surface area (Å²) in [4.78, 5) is 0. The van der Waals surface area contributed by atoms with Crippen LogP contribution in [0, 0.1) is 17.2 Å². The third kappa shape index (κ3) is 7.70. The highest BCUT2D eigenvalue weighted by Crippen LogP contribution is 2.16. The Hall–Kier alpha value is -0.200. The number of rotatable bonds is 8. The van der Waals surface area contributed by atoms with E-state index in [1.807, 2.05) is 18.7 Å². The van der Waals surface area contributed by atoms with Crippen LogP contribution in [0.1, 0.15) is 46.5 Å². The zero-order chi connectivity index (χ0) is 11.7. The van der Waals surface area contributed by atoms with Crippen LogP contribution in [0.2, 0.25) is 0 Å². The summed E-state index contributed by atoms with van der Waals surface area (Å²) >= 11 is 1.98. The second-order valence-corrected chi connectivity index (χ2v) is 5.74. The maximum absolute atomic E-state index is 8.88. The third-order valence-electron chi connectivity index (χ3n) is 2.60. The molecule has 0 aromatic carbocycles. The summed E-state index contributed by atoms with van der Waals surface area (Å²) in [6, 6.07) is 2.21. The summed E-state index contributed by atoms with van der Waals surface area (Å²) < 4.78 is 0. The fourth-order valence-corrected chi connectivity index (χ4v) is 2.41. The first-order valence-electron chi connectivity index (χ1n) is 5.82. The van der Waals surface area contributed by atoms with E-state index in [-0.39, 0.29) is 0 Å². The van der Waals surface area contributed by atoms with Crippen molar-refractivity contribution < 1.29 is 0 Å². The van der Waals surface area contributed by atoms with E-state index in [2.05, 4.69) is 19.9 Å². The van der Waals surface area contributed by atoms with Crippen molar-refractivity contribution in [3.63, 3.8) is 0 Å². The molecule has 0 aliphatic carbocycles. The van der Waals surface area contributed by atoms with E-state index in [9.17, 15) is 0 Å². The van der Waals surface area contributed by atoms with Crippen molar-refractivity contribution in [1.82, 2.24) is 0 Å². The number of hydrogen-bond donors (Lipinski definition) is 1. The molecule has 0 saturated carbocycles. The second-order valence-electron chi connectivity index (χ2n) is 4.52. The first-order chi connectivity index (χ1) is 7.04. The van der Waals surface area contributed by atoms with E-state index in [1.165, 1.54) is 12.2 Å². The lowest BCUT2D eigenvalue weighted by molar-refractivity contribution is 0.478. The molecule has 0 aromatic heterocycles. The van der Waals surface area contributed by atoms with Gasteiger partial charge < -0.3 is 5.73 Å². The minimum absolute atomic E-state index is 0.585. The van der Waals surface area contributed by atoms with Gasteiger partial charge in [-0.05, 0) is 43.1 Å². The molecule has 2 nitrogen and oxygen atoms in total.